The van der Waals surface area contributed by atoms with Gasteiger partial charge in [-0.25, -0.2) is 0 Å². The van der Waals surface area contributed by atoms with Crippen molar-refractivity contribution in [2.75, 3.05) is 6.54 Å². The maximum Gasteiger partial charge on any atom is 0.0333 e. The van der Waals surface area contributed by atoms with Gasteiger partial charge >= 0.3 is 0 Å². The number of fused-ring (bicyclic) bond motifs is 1. The molecule has 0 atom stereocenters. The lowest BCUT2D eigenvalue weighted by atomic mass is 10.1. The van der Waals surface area contributed by atoms with Crippen LogP contribution in [0, 0.1) is 6.92 Å². The Morgan fingerprint density at radius 2 is 2.13 bits per heavy atom. The summed E-state index contributed by atoms with van der Waals surface area (Å²) in [6.45, 7) is 4.50. The molecule has 0 radical (unpaired) electrons. The van der Waals surface area contributed by atoms with Gasteiger partial charge in [-0.2, -0.15) is 0 Å². The largest absolute Gasteiger partial charge is 0.348 e. The van der Waals surface area contributed by atoms with Crippen LogP contribution in [0.1, 0.15) is 48.5 Å². The van der Waals surface area contributed by atoms with Crippen molar-refractivity contribution in [3.63, 3.8) is 0 Å². The van der Waals surface area contributed by atoms with Crippen molar-refractivity contribution in [1.29, 1.82) is 0 Å². The molecule has 2 heterocycles. The quantitative estimate of drug-likeness (QED) is 0.744. The molecule has 3 rings (SSSR count). The molecule has 0 saturated heterocycles. The summed E-state index contributed by atoms with van der Waals surface area (Å²) in [6.07, 6.45) is 9.26. The normalized spacial score (nSPS) is 21.9. The highest BCUT2D eigenvalue weighted by Gasteiger charge is 2.23. The van der Waals surface area contributed by atoms with Crippen LogP contribution in [-0.4, -0.2) is 11.1 Å². The van der Waals surface area contributed by atoms with Crippen LogP contribution >= 0.6 is 0 Å². The fourth-order valence-electron chi connectivity index (χ4n) is 3.20. The predicted octanol–water partition coefficient (Wildman–Crippen LogP) is 2.56. The van der Waals surface area contributed by atoms with Crippen molar-refractivity contribution in [3.05, 3.63) is 23.0 Å². The molecule has 0 unspecified atom stereocenters. The van der Waals surface area contributed by atoms with E-state index in [1.807, 2.05) is 0 Å². The van der Waals surface area contributed by atoms with E-state index in [4.69, 9.17) is 0 Å². The topological polar surface area (TPSA) is 17.0 Å². The Balaban J connectivity index is 1.99. The summed E-state index contributed by atoms with van der Waals surface area (Å²) in [5, 5.41) is 3.47. The highest BCUT2D eigenvalue weighted by Crippen LogP contribution is 2.33. The van der Waals surface area contributed by atoms with Gasteiger partial charge in [-0.1, -0.05) is 12.8 Å². The van der Waals surface area contributed by atoms with E-state index >= 15 is 0 Å². The zero-order valence-corrected chi connectivity index (χ0v) is 9.55. The molecular formula is C13H20N2. The second-order valence-corrected chi connectivity index (χ2v) is 5.01. The van der Waals surface area contributed by atoms with Crippen molar-refractivity contribution >= 4 is 0 Å². The van der Waals surface area contributed by atoms with Crippen LogP contribution < -0.4 is 5.32 Å². The van der Waals surface area contributed by atoms with E-state index < -0.39 is 0 Å². The SMILES string of the molecule is Cc1cn(C2CCCC2)c2c1CNCC2. The predicted molar refractivity (Wildman–Crippen MR) is 62.1 cm³/mol. The average molecular weight is 204 g/mol. The van der Waals surface area contributed by atoms with Gasteiger partial charge in [0.25, 0.3) is 0 Å². The van der Waals surface area contributed by atoms with E-state index in [0.29, 0.717) is 0 Å². The van der Waals surface area contributed by atoms with Crippen LogP contribution in [0.25, 0.3) is 0 Å². The smallest absolute Gasteiger partial charge is 0.0333 e. The van der Waals surface area contributed by atoms with E-state index in [1.165, 1.54) is 37.7 Å². The van der Waals surface area contributed by atoms with Gasteiger partial charge in [0.2, 0.25) is 0 Å². The molecule has 2 heteroatoms. The highest BCUT2D eigenvalue weighted by molar-refractivity contribution is 5.33. The van der Waals surface area contributed by atoms with Crippen LogP contribution in [0.5, 0.6) is 0 Å². The van der Waals surface area contributed by atoms with Crippen LogP contribution in [0.2, 0.25) is 0 Å². The molecule has 82 valence electrons. The summed E-state index contributed by atoms with van der Waals surface area (Å²) in [5.41, 5.74) is 4.69. The summed E-state index contributed by atoms with van der Waals surface area (Å²) in [7, 11) is 0. The molecular weight excluding hydrogens is 184 g/mol. The Morgan fingerprint density at radius 3 is 2.93 bits per heavy atom. The van der Waals surface area contributed by atoms with E-state index in [0.717, 1.165) is 19.1 Å². The summed E-state index contributed by atoms with van der Waals surface area (Å²) in [6, 6.07) is 0.811. The maximum atomic E-state index is 3.47. The molecule has 0 aromatic carbocycles. The third-order valence-electron chi connectivity index (χ3n) is 4.03. The van der Waals surface area contributed by atoms with Crippen LogP contribution in [0.3, 0.4) is 0 Å². The van der Waals surface area contributed by atoms with Crippen molar-refractivity contribution in [2.45, 2.75) is 51.6 Å². The van der Waals surface area contributed by atoms with Gasteiger partial charge in [-0.15, -0.1) is 0 Å². The number of aromatic nitrogens is 1. The molecule has 1 N–H and O–H groups in total. The Morgan fingerprint density at radius 1 is 1.33 bits per heavy atom. The lowest BCUT2D eigenvalue weighted by Crippen LogP contribution is -2.25. The van der Waals surface area contributed by atoms with Gasteiger partial charge in [-0.3, -0.25) is 0 Å². The molecule has 2 nitrogen and oxygen atoms in total. The number of hydrogen-bond acceptors (Lipinski definition) is 1. The summed E-state index contributed by atoms with van der Waals surface area (Å²) in [4.78, 5) is 0. The standard InChI is InChI=1S/C13H20N2/c1-10-9-15(11-4-2-3-5-11)13-6-7-14-8-12(10)13/h9,11,14H,2-8H2,1H3. The minimum absolute atomic E-state index is 0.811. The first-order chi connectivity index (χ1) is 7.36. The molecule has 1 aliphatic carbocycles. The molecule has 0 amide bonds. The number of aryl methyl sites for hydroxylation is 1. The highest BCUT2D eigenvalue weighted by atomic mass is 15.0. The first kappa shape index (κ1) is 9.46. The first-order valence-electron chi connectivity index (χ1n) is 6.26. The van der Waals surface area contributed by atoms with Gasteiger partial charge in [0.15, 0.2) is 0 Å². The Bertz CT molecular complexity index is 359. The van der Waals surface area contributed by atoms with E-state index in [-0.39, 0.29) is 0 Å². The summed E-state index contributed by atoms with van der Waals surface area (Å²) < 4.78 is 2.60. The number of nitrogens with one attached hydrogen (secondary N) is 1. The third-order valence-corrected chi connectivity index (χ3v) is 4.03. The van der Waals surface area contributed by atoms with Gasteiger partial charge in [0, 0.05) is 37.4 Å². The maximum absolute atomic E-state index is 3.47. The van der Waals surface area contributed by atoms with E-state index in [1.54, 1.807) is 11.3 Å². The molecule has 0 bridgehead atoms. The van der Waals surface area contributed by atoms with Crippen molar-refractivity contribution in [1.82, 2.24) is 9.88 Å². The fraction of sp³-hybridized carbons (Fsp3) is 0.692. The first-order valence-corrected chi connectivity index (χ1v) is 6.26. The minimum Gasteiger partial charge on any atom is -0.348 e. The fourth-order valence-corrected chi connectivity index (χ4v) is 3.20. The molecule has 1 fully saturated rings. The van der Waals surface area contributed by atoms with E-state index in [9.17, 15) is 0 Å². The van der Waals surface area contributed by atoms with Crippen LogP contribution in [0.15, 0.2) is 6.20 Å². The van der Waals surface area contributed by atoms with Crippen LogP contribution in [-0.2, 0) is 13.0 Å². The van der Waals surface area contributed by atoms with Crippen molar-refractivity contribution in [3.8, 4) is 0 Å². The van der Waals surface area contributed by atoms with Gasteiger partial charge in [0.1, 0.15) is 0 Å². The molecule has 1 saturated carbocycles. The summed E-state index contributed by atoms with van der Waals surface area (Å²) in [5.74, 6) is 0. The lowest BCUT2D eigenvalue weighted by Gasteiger charge is -2.20. The second kappa shape index (κ2) is 3.67. The molecule has 1 aliphatic heterocycles. The number of nitrogens with zero attached hydrogens (tertiary/aromatic N) is 1. The third kappa shape index (κ3) is 1.51. The van der Waals surface area contributed by atoms with E-state index in [2.05, 4.69) is 23.0 Å². The molecule has 2 aliphatic rings. The number of hydrogen-bond donors (Lipinski definition) is 1. The zero-order chi connectivity index (χ0) is 10.3. The van der Waals surface area contributed by atoms with Gasteiger partial charge < -0.3 is 9.88 Å². The second-order valence-electron chi connectivity index (χ2n) is 5.01. The average Bonchev–Trinajstić information content (AvgIpc) is 2.87. The molecule has 1 aromatic heterocycles. The monoisotopic (exact) mass is 204 g/mol. The minimum atomic E-state index is 0.811. The van der Waals surface area contributed by atoms with Gasteiger partial charge in [0.05, 0.1) is 0 Å². The Hall–Kier alpha value is -0.760. The Labute approximate surface area is 91.7 Å². The number of rotatable bonds is 1. The summed E-state index contributed by atoms with van der Waals surface area (Å²) >= 11 is 0. The van der Waals surface area contributed by atoms with Crippen LogP contribution in [0.4, 0.5) is 0 Å². The van der Waals surface area contributed by atoms with Crippen molar-refractivity contribution < 1.29 is 0 Å². The van der Waals surface area contributed by atoms with Gasteiger partial charge in [-0.05, 0) is 30.9 Å². The molecule has 0 spiro atoms. The van der Waals surface area contributed by atoms with Crippen molar-refractivity contribution in [2.24, 2.45) is 0 Å². The molecule has 15 heavy (non-hydrogen) atoms. The Kier molecular flexibility index (Phi) is 2.32. The lowest BCUT2D eigenvalue weighted by molar-refractivity contribution is 0.487. The zero-order valence-electron chi connectivity index (χ0n) is 9.55. The molecule has 1 aromatic rings.